The van der Waals surface area contributed by atoms with E-state index in [9.17, 15) is 5.11 Å². The lowest BCUT2D eigenvalue weighted by molar-refractivity contribution is -0.168. The van der Waals surface area contributed by atoms with Crippen molar-refractivity contribution in [1.82, 2.24) is 0 Å². The Hall–Kier alpha value is -0.340. The van der Waals surface area contributed by atoms with Gasteiger partial charge >= 0.3 is 0 Å². The van der Waals surface area contributed by atoms with Gasteiger partial charge < -0.3 is 9.84 Å². The zero-order chi connectivity index (χ0) is 9.94. The molecule has 0 amide bonds. The average molecular weight is 172 g/mol. The first-order valence-electron chi connectivity index (χ1n) is 4.28. The van der Waals surface area contributed by atoms with Crippen LogP contribution in [0.1, 0.15) is 34.6 Å². The second-order valence-corrected chi connectivity index (χ2v) is 4.07. The van der Waals surface area contributed by atoms with Gasteiger partial charge in [0.15, 0.2) is 6.29 Å². The van der Waals surface area contributed by atoms with E-state index in [1.54, 1.807) is 6.92 Å². The van der Waals surface area contributed by atoms with Gasteiger partial charge in [0.2, 0.25) is 0 Å². The zero-order valence-electron chi connectivity index (χ0n) is 8.72. The molecule has 0 aromatic carbocycles. The summed E-state index contributed by atoms with van der Waals surface area (Å²) in [6, 6.07) is 0. The van der Waals surface area contributed by atoms with Crippen molar-refractivity contribution in [1.29, 1.82) is 0 Å². The molecule has 0 aliphatic rings. The predicted octanol–water partition coefficient (Wildman–Crippen LogP) is 2.33. The van der Waals surface area contributed by atoms with Crippen LogP contribution < -0.4 is 0 Å². The SMILES string of the molecule is C=C(C)C(O)OC(C)(C)C(C)C. The molecule has 0 rings (SSSR count). The van der Waals surface area contributed by atoms with E-state index in [0.29, 0.717) is 11.5 Å². The lowest BCUT2D eigenvalue weighted by Crippen LogP contribution is -2.35. The van der Waals surface area contributed by atoms with Crippen LogP contribution in [0, 0.1) is 5.92 Å². The first-order valence-corrected chi connectivity index (χ1v) is 4.28. The minimum Gasteiger partial charge on any atom is -0.364 e. The molecule has 0 aromatic rings. The van der Waals surface area contributed by atoms with Gasteiger partial charge in [0.1, 0.15) is 0 Å². The highest BCUT2D eigenvalue weighted by Crippen LogP contribution is 2.23. The standard InChI is InChI=1S/C10H20O2/c1-7(2)9(11)12-10(5,6)8(3)4/h8-9,11H,1H2,2-6H3. The van der Waals surface area contributed by atoms with E-state index in [4.69, 9.17) is 4.74 Å². The summed E-state index contributed by atoms with van der Waals surface area (Å²) in [7, 11) is 0. The molecule has 1 atom stereocenters. The predicted molar refractivity (Wildman–Crippen MR) is 50.8 cm³/mol. The van der Waals surface area contributed by atoms with Crippen LogP contribution in [0.15, 0.2) is 12.2 Å². The zero-order valence-corrected chi connectivity index (χ0v) is 8.72. The molecule has 0 aromatic heterocycles. The summed E-state index contributed by atoms with van der Waals surface area (Å²) in [6.07, 6.45) is -0.845. The number of ether oxygens (including phenoxy) is 1. The number of aliphatic hydroxyl groups is 1. The molecule has 72 valence electrons. The fraction of sp³-hybridized carbons (Fsp3) is 0.800. The number of aliphatic hydroxyl groups excluding tert-OH is 1. The van der Waals surface area contributed by atoms with Crippen molar-refractivity contribution in [2.45, 2.75) is 46.5 Å². The number of rotatable bonds is 4. The fourth-order valence-corrected chi connectivity index (χ4v) is 0.524. The van der Waals surface area contributed by atoms with Crippen molar-refractivity contribution in [2.24, 2.45) is 5.92 Å². The van der Waals surface area contributed by atoms with Gasteiger partial charge in [0, 0.05) is 0 Å². The Balaban J connectivity index is 4.15. The van der Waals surface area contributed by atoms with Crippen LogP contribution in [0.5, 0.6) is 0 Å². The molecule has 2 nitrogen and oxygen atoms in total. The maximum atomic E-state index is 9.39. The highest BCUT2D eigenvalue weighted by molar-refractivity contribution is 4.93. The Bertz CT molecular complexity index is 159. The summed E-state index contributed by atoms with van der Waals surface area (Å²) in [4.78, 5) is 0. The van der Waals surface area contributed by atoms with Gasteiger partial charge in [-0.3, -0.25) is 0 Å². The Kier molecular flexibility index (Phi) is 3.94. The molecule has 1 unspecified atom stereocenters. The molecule has 0 radical (unpaired) electrons. The van der Waals surface area contributed by atoms with Crippen LogP contribution in [0.3, 0.4) is 0 Å². The van der Waals surface area contributed by atoms with Crippen molar-refractivity contribution in [3.8, 4) is 0 Å². The summed E-state index contributed by atoms with van der Waals surface area (Å²) in [5, 5.41) is 9.39. The van der Waals surface area contributed by atoms with Crippen LogP contribution in [-0.4, -0.2) is 17.0 Å². The minimum atomic E-state index is -0.845. The van der Waals surface area contributed by atoms with Crippen molar-refractivity contribution in [3.63, 3.8) is 0 Å². The molecule has 2 heteroatoms. The Morgan fingerprint density at radius 2 is 1.83 bits per heavy atom. The Morgan fingerprint density at radius 3 is 2.08 bits per heavy atom. The van der Waals surface area contributed by atoms with Gasteiger partial charge in [-0.2, -0.15) is 0 Å². The molecule has 0 spiro atoms. The van der Waals surface area contributed by atoms with E-state index in [-0.39, 0.29) is 5.60 Å². The van der Waals surface area contributed by atoms with Crippen LogP contribution in [0.4, 0.5) is 0 Å². The van der Waals surface area contributed by atoms with Crippen molar-refractivity contribution < 1.29 is 9.84 Å². The van der Waals surface area contributed by atoms with Gasteiger partial charge in [0.05, 0.1) is 5.60 Å². The van der Waals surface area contributed by atoms with E-state index in [1.807, 2.05) is 13.8 Å². The van der Waals surface area contributed by atoms with E-state index < -0.39 is 6.29 Å². The van der Waals surface area contributed by atoms with Gasteiger partial charge in [-0.15, -0.1) is 0 Å². The molecular formula is C10H20O2. The van der Waals surface area contributed by atoms with Gasteiger partial charge in [-0.05, 0) is 32.3 Å². The third-order valence-corrected chi connectivity index (χ3v) is 2.23. The molecule has 0 fully saturated rings. The quantitative estimate of drug-likeness (QED) is 0.521. The van der Waals surface area contributed by atoms with Crippen LogP contribution in [0.25, 0.3) is 0 Å². The van der Waals surface area contributed by atoms with Gasteiger partial charge in [-0.1, -0.05) is 20.4 Å². The summed E-state index contributed by atoms with van der Waals surface area (Å²) >= 11 is 0. The first kappa shape index (κ1) is 11.7. The Morgan fingerprint density at radius 1 is 1.42 bits per heavy atom. The number of hydrogen-bond donors (Lipinski definition) is 1. The van der Waals surface area contributed by atoms with E-state index in [2.05, 4.69) is 20.4 Å². The first-order chi connectivity index (χ1) is 5.27. The van der Waals surface area contributed by atoms with E-state index >= 15 is 0 Å². The molecule has 1 N–H and O–H groups in total. The van der Waals surface area contributed by atoms with Crippen LogP contribution in [-0.2, 0) is 4.74 Å². The summed E-state index contributed by atoms with van der Waals surface area (Å²) in [6.45, 7) is 13.4. The molecule has 0 saturated carbocycles. The second-order valence-electron chi connectivity index (χ2n) is 4.07. The molecule has 0 saturated heterocycles. The highest BCUT2D eigenvalue weighted by Gasteiger charge is 2.26. The minimum absolute atomic E-state index is 0.307. The smallest absolute Gasteiger partial charge is 0.177 e. The van der Waals surface area contributed by atoms with Crippen LogP contribution in [0.2, 0.25) is 0 Å². The average Bonchev–Trinajstić information content (AvgIpc) is 1.85. The lowest BCUT2D eigenvalue weighted by atomic mass is 9.94. The van der Waals surface area contributed by atoms with E-state index in [0.717, 1.165) is 0 Å². The maximum Gasteiger partial charge on any atom is 0.177 e. The summed E-state index contributed by atoms with van der Waals surface area (Å²) in [5.74, 6) is 0.367. The fourth-order valence-electron chi connectivity index (χ4n) is 0.524. The molecule has 12 heavy (non-hydrogen) atoms. The van der Waals surface area contributed by atoms with Crippen molar-refractivity contribution >= 4 is 0 Å². The maximum absolute atomic E-state index is 9.39. The topological polar surface area (TPSA) is 29.5 Å². The third-order valence-electron chi connectivity index (χ3n) is 2.23. The highest BCUT2D eigenvalue weighted by atomic mass is 16.6. The number of hydrogen-bond acceptors (Lipinski definition) is 2. The molecular weight excluding hydrogens is 152 g/mol. The molecule has 0 bridgehead atoms. The summed E-state index contributed by atoms with van der Waals surface area (Å²) in [5.41, 5.74) is 0.335. The van der Waals surface area contributed by atoms with E-state index in [1.165, 1.54) is 0 Å². The monoisotopic (exact) mass is 172 g/mol. The molecule has 0 aliphatic carbocycles. The third kappa shape index (κ3) is 3.37. The Labute approximate surface area is 75.2 Å². The van der Waals surface area contributed by atoms with Crippen molar-refractivity contribution in [2.75, 3.05) is 0 Å². The lowest BCUT2D eigenvalue weighted by Gasteiger charge is -2.32. The largest absolute Gasteiger partial charge is 0.364 e. The van der Waals surface area contributed by atoms with Crippen LogP contribution >= 0.6 is 0 Å². The summed E-state index contributed by atoms with van der Waals surface area (Å²) < 4.78 is 5.42. The van der Waals surface area contributed by atoms with Crippen molar-refractivity contribution in [3.05, 3.63) is 12.2 Å². The second kappa shape index (κ2) is 4.06. The van der Waals surface area contributed by atoms with Gasteiger partial charge in [0.25, 0.3) is 0 Å². The van der Waals surface area contributed by atoms with Gasteiger partial charge in [-0.25, -0.2) is 0 Å². The molecule has 0 heterocycles. The molecule has 0 aliphatic heterocycles. The normalized spacial score (nSPS) is 14.9.